The molecule has 1 fully saturated rings. The van der Waals surface area contributed by atoms with Crippen LogP contribution in [0.4, 0.5) is 0 Å². The van der Waals surface area contributed by atoms with E-state index in [1.807, 2.05) is 11.7 Å². The molecule has 0 N–H and O–H groups in total. The zero-order chi connectivity index (χ0) is 17.6. The van der Waals surface area contributed by atoms with Gasteiger partial charge in [-0.05, 0) is 12.8 Å². The number of ether oxygens (including phenoxy) is 1. The molecule has 0 aromatic carbocycles. The maximum Gasteiger partial charge on any atom is 0.262 e. The van der Waals surface area contributed by atoms with Crippen molar-refractivity contribution in [2.75, 3.05) is 13.2 Å². The van der Waals surface area contributed by atoms with Crippen molar-refractivity contribution in [3.05, 3.63) is 29.5 Å². The summed E-state index contributed by atoms with van der Waals surface area (Å²) in [6.45, 7) is 1.69. The molecular weight excluding hydrogens is 342 g/mol. The van der Waals surface area contributed by atoms with E-state index < -0.39 is 10.0 Å². The molecule has 4 rings (SSSR count). The fraction of sp³-hybridized carbons (Fsp3) is 0.625. The molecule has 1 saturated heterocycles. The zero-order valence-electron chi connectivity index (χ0n) is 14.6. The fourth-order valence-corrected chi connectivity index (χ4v) is 5.44. The van der Waals surface area contributed by atoms with Gasteiger partial charge in [0, 0.05) is 44.5 Å². The lowest BCUT2D eigenvalue weighted by Crippen LogP contribution is -2.39. The predicted molar refractivity (Wildman–Crippen MR) is 90.3 cm³/mol. The first-order chi connectivity index (χ1) is 12.0. The highest BCUT2D eigenvalue weighted by Gasteiger charge is 2.39. The molecule has 8 nitrogen and oxygen atoms in total. The molecule has 2 aromatic rings. The normalized spacial score (nSPS) is 22.1. The Labute approximate surface area is 147 Å². The Kier molecular flexibility index (Phi) is 4.17. The Hall–Kier alpha value is -1.71. The molecule has 2 aliphatic heterocycles. The van der Waals surface area contributed by atoms with Crippen molar-refractivity contribution in [3.8, 4) is 0 Å². The largest absolute Gasteiger partial charge is 0.376 e. The molecule has 136 valence electrons. The van der Waals surface area contributed by atoms with E-state index >= 15 is 0 Å². The molecule has 1 atom stereocenters. The van der Waals surface area contributed by atoms with E-state index in [-0.39, 0.29) is 11.1 Å². The number of aryl methyl sites for hydroxylation is 2. The third kappa shape index (κ3) is 2.80. The molecule has 0 saturated carbocycles. The molecule has 0 radical (unpaired) electrons. The second-order valence-corrected chi connectivity index (χ2v) is 8.58. The van der Waals surface area contributed by atoms with Crippen molar-refractivity contribution in [3.63, 3.8) is 0 Å². The molecule has 1 unspecified atom stereocenters. The van der Waals surface area contributed by atoms with E-state index in [2.05, 4.69) is 10.1 Å². The van der Waals surface area contributed by atoms with Crippen LogP contribution in [-0.4, -0.2) is 45.2 Å². The lowest BCUT2D eigenvalue weighted by atomic mass is 9.97. The Morgan fingerprint density at radius 1 is 1.28 bits per heavy atom. The molecule has 2 aliphatic rings. The summed E-state index contributed by atoms with van der Waals surface area (Å²) >= 11 is 0. The van der Waals surface area contributed by atoms with Crippen molar-refractivity contribution < 1.29 is 13.2 Å². The summed E-state index contributed by atoms with van der Waals surface area (Å²) in [5.41, 5.74) is 3.06. The number of hydrogen-bond acceptors (Lipinski definition) is 5. The number of nitrogens with zero attached hydrogens (tertiary/aromatic N) is 5. The number of hydrogen-bond donors (Lipinski definition) is 0. The van der Waals surface area contributed by atoms with Crippen LogP contribution >= 0.6 is 0 Å². The first-order valence-electron chi connectivity index (χ1n) is 8.60. The second kappa shape index (κ2) is 6.22. The summed E-state index contributed by atoms with van der Waals surface area (Å²) in [6.07, 6.45) is 6.51. The molecule has 0 bridgehead atoms. The standard InChI is InChI=1S/C16H23N5O3S/c1-19-9-15(17-11-19)25(22,23)21-7-4-3-5-14(21)16-12-10-24-8-6-13(12)20(2)18-16/h9,11,14H,3-8,10H2,1-2H3. The van der Waals surface area contributed by atoms with Gasteiger partial charge in [-0.1, -0.05) is 6.42 Å². The monoisotopic (exact) mass is 365 g/mol. The van der Waals surface area contributed by atoms with Gasteiger partial charge >= 0.3 is 0 Å². The highest BCUT2D eigenvalue weighted by molar-refractivity contribution is 7.89. The van der Waals surface area contributed by atoms with Gasteiger partial charge in [-0.15, -0.1) is 0 Å². The lowest BCUT2D eigenvalue weighted by molar-refractivity contribution is 0.107. The summed E-state index contributed by atoms with van der Waals surface area (Å²) in [6, 6.07) is -0.252. The minimum absolute atomic E-state index is 0.1000. The van der Waals surface area contributed by atoms with Gasteiger partial charge in [-0.3, -0.25) is 4.68 Å². The minimum atomic E-state index is -3.64. The van der Waals surface area contributed by atoms with Crippen LogP contribution in [0, 0.1) is 0 Å². The third-order valence-corrected chi connectivity index (χ3v) is 6.85. The molecule has 0 aliphatic carbocycles. The quantitative estimate of drug-likeness (QED) is 0.815. The number of imidazole rings is 1. The topological polar surface area (TPSA) is 82.3 Å². The Morgan fingerprint density at radius 3 is 2.88 bits per heavy atom. The summed E-state index contributed by atoms with van der Waals surface area (Å²) in [5, 5.41) is 4.78. The smallest absolute Gasteiger partial charge is 0.262 e. The van der Waals surface area contributed by atoms with Crippen molar-refractivity contribution in [1.29, 1.82) is 0 Å². The van der Waals surface area contributed by atoms with Crippen LogP contribution in [0.3, 0.4) is 0 Å². The highest BCUT2D eigenvalue weighted by Crippen LogP contribution is 2.37. The molecule has 0 amide bonds. The SMILES string of the molecule is Cn1cnc(S(=O)(=O)N2CCCCC2c2nn(C)c3c2COCC3)c1. The van der Waals surface area contributed by atoms with Crippen molar-refractivity contribution >= 4 is 10.0 Å². The van der Waals surface area contributed by atoms with Crippen LogP contribution in [0.25, 0.3) is 0 Å². The van der Waals surface area contributed by atoms with E-state index in [0.717, 1.165) is 42.6 Å². The molecular formula is C16H23N5O3S. The Morgan fingerprint density at radius 2 is 2.12 bits per heavy atom. The average molecular weight is 365 g/mol. The zero-order valence-corrected chi connectivity index (χ0v) is 15.4. The lowest BCUT2D eigenvalue weighted by Gasteiger charge is -2.33. The summed E-state index contributed by atoms with van der Waals surface area (Å²) < 4.78 is 37.0. The van der Waals surface area contributed by atoms with E-state index in [1.165, 1.54) is 6.33 Å². The Balaban J connectivity index is 1.76. The van der Waals surface area contributed by atoms with E-state index in [0.29, 0.717) is 19.8 Å². The summed E-state index contributed by atoms with van der Waals surface area (Å²) in [5.74, 6) is 0. The average Bonchev–Trinajstić information content (AvgIpc) is 3.20. The molecule has 2 aromatic heterocycles. The number of rotatable bonds is 3. The van der Waals surface area contributed by atoms with Crippen LogP contribution < -0.4 is 0 Å². The van der Waals surface area contributed by atoms with Gasteiger partial charge in [0.1, 0.15) is 0 Å². The van der Waals surface area contributed by atoms with Crippen LogP contribution in [0.2, 0.25) is 0 Å². The van der Waals surface area contributed by atoms with Gasteiger partial charge in [0.2, 0.25) is 0 Å². The van der Waals surface area contributed by atoms with Crippen molar-refractivity contribution in [1.82, 2.24) is 23.6 Å². The van der Waals surface area contributed by atoms with E-state index in [4.69, 9.17) is 4.74 Å². The van der Waals surface area contributed by atoms with Gasteiger partial charge in [0.25, 0.3) is 10.0 Å². The first-order valence-corrected chi connectivity index (χ1v) is 10.0. The van der Waals surface area contributed by atoms with Crippen LogP contribution in [0.5, 0.6) is 0 Å². The van der Waals surface area contributed by atoms with E-state index in [1.54, 1.807) is 22.1 Å². The maximum absolute atomic E-state index is 13.1. The Bertz CT molecular complexity index is 886. The molecule has 4 heterocycles. The van der Waals surface area contributed by atoms with Crippen molar-refractivity contribution in [2.45, 2.75) is 43.4 Å². The van der Waals surface area contributed by atoms with Gasteiger partial charge in [-0.25, -0.2) is 13.4 Å². The third-order valence-electron chi connectivity index (χ3n) is 5.06. The van der Waals surface area contributed by atoms with Gasteiger partial charge in [0.05, 0.1) is 31.3 Å². The first kappa shape index (κ1) is 16.7. The van der Waals surface area contributed by atoms with Gasteiger partial charge < -0.3 is 9.30 Å². The fourth-order valence-electron chi connectivity index (χ4n) is 3.81. The number of sulfonamides is 1. The second-order valence-electron chi connectivity index (χ2n) is 6.74. The number of piperidine rings is 1. The maximum atomic E-state index is 13.1. The van der Waals surface area contributed by atoms with Crippen LogP contribution in [0.15, 0.2) is 17.6 Å². The van der Waals surface area contributed by atoms with Gasteiger partial charge in [-0.2, -0.15) is 9.40 Å². The summed E-state index contributed by atoms with van der Waals surface area (Å²) in [7, 11) is 0.0502. The summed E-state index contributed by atoms with van der Waals surface area (Å²) in [4.78, 5) is 4.07. The number of fused-ring (bicyclic) bond motifs is 1. The highest BCUT2D eigenvalue weighted by atomic mass is 32.2. The molecule has 0 spiro atoms. The van der Waals surface area contributed by atoms with Crippen LogP contribution in [0.1, 0.15) is 42.3 Å². The van der Waals surface area contributed by atoms with E-state index in [9.17, 15) is 8.42 Å². The predicted octanol–water partition coefficient (Wildman–Crippen LogP) is 1.14. The molecule has 25 heavy (non-hydrogen) atoms. The van der Waals surface area contributed by atoms with Crippen LogP contribution in [-0.2, 0) is 41.9 Å². The number of aromatic nitrogens is 4. The van der Waals surface area contributed by atoms with Gasteiger partial charge in [0.15, 0.2) is 5.03 Å². The molecule has 9 heteroatoms. The minimum Gasteiger partial charge on any atom is -0.376 e. The van der Waals surface area contributed by atoms with Crippen molar-refractivity contribution in [2.24, 2.45) is 14.1 Å².